The lowest BCUT2D eigenvalue weighted by Crippen LogP contribution is -2.10. The second-order valence-corrected chi connectivity index (χ2v) is 3.03. The molecule has 0 spiro atoms. The van der Waals surface area contributed by atoms with Crippen molar-refractivity contribution in [2.75, 3.05) is 0 Å². The van der Waals surface area contributed by atoms with Crippen molar-refractivity contribution in [2.24, 2.45) is 0 Å². The summed E-state index contributed by atoms with van der Waals surface area (Å²) in [5, 5.41) is 8.50. The number of benzene rings is 1. The molecule has 0 aliphatic carbocycles. The third-order valence-electron chi connectivity index (χ3n) is 2.10. The van der Waals surface area contributed by atoms with E-state index in [2.05, 4.69) is 0 Å². The van der Waals surface area contributed by atoms with E-state index in [1.165, 1.54) is 0 Å². The lowest BCUT2D eigenvalue weighted by atomic mass is 9.87. The molecule has 0 bridgehead atoms. The molecular weight excluding hydrogens is 163 g/mol. The SMILES string of the molecule is [B]c1cccc(CCC(=O)O)c1C. The van der Waals surface area contributed by atoms with Gasteiger partial charge in [0.2, 0.25) is 0 Å². The monoisotopic (exact) mass is 174 g/mol. The number of hydrogen-bond acceptors (Lipinski definition) is 1. The van der Waals surface area contributed by atoms with Crippen molar-refractivity contribution >= 4 is 19.3 Å². The number of aryl methyl sites for hydroxylation is 1. The number of carboxylic acid groups (broad SMARTS) is 1. The normalized spacial score (nSPS) is 9.92. The van der Waals surface area contributed by atoms with Gasteiger partial charge in [0.05, 0.1) is 0 Å². The third kappa shape index (κ3) is 2.62. The van der Waals surface area contributed by atoms with Gasteiger partial charge in [-0.15, -0.1) is 0 Å². The van der Waals surface area contributed by atoms with Crippen molar-refractivity contribution in [2.45, 2.75) is 19.8 Å². The Labute approximate surface area is 79.0 Å². The van der Waals surface area contributed by atoms with Crippen LogP contribution in [0.15, 0.2) is 18.2 Å². The van der Waals surface area contributed by atoms with Crippen molar-refractivity contribution in [3.63, 3.8) is 0 Å². The van der Waals surface area contributed by atoms with Gasteiger partial charge in [0, 0.05) is 6.42 Å². The molecule has 1 aromatic rings. The Balaban J connectivity index is 2.77. The first-order chi connectivity index (χ1) is 6.11. The third-order valence-corrected chi connectivity index (χ3v) is 2.10. The fourth-order valence-corrected chi connectivity index (χ4v) is 1.22. The molecule has 0 atom stereocenters. The Morgan fingerprint density at radius 2 is 2.23 bits per heavy atom. The highest BCUT2D eigenvalue weighted by atomic mass is 16.4. The summed E-state index contributed by atoms with van der Waals surface area (Å²) in [5.74, 6) is -0.776. The number of carbonyl (C=O) groups is 1. The van der Waals surface area contributed by atoms with E-state index in [1.54, 1.807) is 0 Å². The predicted molar refractivity (Wildman–Crippen MR) is 52.5 cm³/mol. The van der Waals surface area contributed by atoms with Gasteiger partial charge in [-0.25, -0.2) is 0 Å². The van der Waals surface area contributed by atoms with Gasteiger partial charge in [0.15, 0.2) is 0 Å². The smallest absolute Gasteiger partial charge is 0.303 e. The van der Waals surface area contributed by atoms with Gasteiger partial charge >= 0.3 is 5.97 Å². The molecule has 0 saturated carbocycles. The van der Waals surface area contributed by atoms with Crippen LogP contribution >= 0.6 is 0 Å². The Kier molecular flexibility index (Phi) is 3.12. The molecule has 0 aliphatic rings. The largest absolute Gasteiger partial charge is 0.481 e. The van der Waals surface area contributed by atoms with Gasteiger partial charge in [-0.3, -0.25) is 4.79 Å². The van der Waals surface area contributed by atoms with E-state index >= 15 is 0 Å². The molecule has 0 amide bonds. The molecule has 2 nitrogen and oxygen atoms in total. The summed E-state index contributed by atoms with van der Waals surface area (Å²) >= 11 is 0. The fraction of sp³-hybridized carbons (Fsp3) is 0.300. The molecule has 1 N–H and O–H groups in total. The quantitative estimate of drug-likeness (QED) is 0.688. The molecule has 13 heavy (non-hydrogen) atoms. The van der Waals surface area contributed by atoms with Crippen LogP contribution in [0.2, 0.25) is 0 Å². The molecule has 1 aromatic carbocycles. The topological polar surface area (TPSA) is 37.3 Å². The number of rotatable bonds is 3. The highest BCUT2D eigenvalue weighted by Gasteiger charge is 2.02. The Bertz CT molecular complexity index is 321. The van der Waals surface area contributed by atoms with E-state index in [1.807, 2.05) is 25.1 Å². The van der Waals surface area contributed by atoms with Crippen molar-refractivity contribution < 1.29 is 9.90 Å². The van der Waals surface area contributed by atoms with Crippen LogP contribution in [0.25, 0.3) is 0 Å². The zero-order chi connectivity index (χ0) is 9.84. The Morgan fingerprint density at radius 1 is 1.54 bits per heavy atom. The maximum absolute atomic E-state index is 10.3. The van der Waals surface area contributed by atoms with Crippen molar-refractivity contribution in [1.82, 2.24) is 0 Å². The van der Waals surface area contributed by atoms with Crippen LogP contribution in [0.1, 0.15) is 17.5 Å². The lowest BCUT2D eigenvalue weighted by Gasteiger charge is -2.06. The molecular formula is C10H11BO2. The maximum Gasteiger partial charge on any atom is 0.303 e. The van der Waals surface area contributed by atoms with E-state index in [-0.39, 0.29) is 6.42 Å². The van der Waals surface area contributed by atoms with Crippen LogP contribution in [-0.2, 0) is 11.2 Å². The second kappa shape index (κ2) is 4.12. The molecule has 2 radical (unpaired) electrons. The fourth-order valence-electron chi connectivity index (χ4n) is 1.22. The van der Waals surface area contributed by atoms with E-state index in [4.69, 9.17) is 13.0 Å². The molecule has 66 valence electrons. The van der Waals surface area contributed by atoms with Crippen molar-refractivity contribution in [1.29, 1.82) is 0 Å². The summed E-state index contributed by atoms with van der Waals surface area (Å²) in [7, 11) is 5.68. The summed E-state index contributed by atoms with van der Waals surface area (Å²) in [6.45, 7) is 1.91. The number of aliphatic carboxylic acids is 1. The molecule has 0 unspecified atom stereocenters. The lowest BCUT2D eigenvalue weighted by molar-refractivity contribution is -0.136. The Morgan fingerprint density at radius 3 is 2.85 bits per heavy atom. The molecule has 0 aliphatic heterocycles. The van der Waals surface area contributed by atoms with Gasteiger partial charge in [-0.05, 0) is 18.9 Å². The van der Waals surface area contributed by atoms with Gasteiger partial charge in [0.1, 0.15) is 7.85 Å². The number of carboxylic acids is 1. The van der Waals surface area contributed by atoms with Crippen LogP contribution in [0.5, 0.6) is 0 Å². The van der Waals surface area contributed by atoms with Crippen LogP contribution < -0.4 is 5.46 Å². The van der Waals surface area contributed by atoms with Gasteiger partial charge in [0.25, 0.3) is 0 Å². The van der Waals surface area contributed by atoms with Crippen molar-refractivity contribution in [3.8, 4) is 0 Å². The number of hydrogen-bond donors (Lipinski definition) is 1. The van der Waals surface area contributed by atoms with E-state index in [9.17, 15) is 4.79 Å². The molecule has 0 saturated heterocycles. The van der Waals surface area contributed by atoms with Gasteiger partial charge < -0.3 is 5.11 Å². The highest BCUT2D eigenvalue weighted by molar-refractivity contribution is 6.33. The molecule has 0 aromatic heterocycles. The first-order valence-electron chi connectivity index (χ1n) is 4.17. The molecule has 3 heteroatoms. The van der Waals surface area contributed by atoms with Crippen molar-refractivity contribution in [3.05, 3.63) is 29.3 Å². The van der Waals surface area contributed by atoms with Crippen LogP contribution in [0.3, 0.4) is 0 Å². The minimum absolute atomic E-state index is 0.157. The second-order valence-electron chi connectivity index (χ2n) is 3.03. The maximum atomic E-state index is 10.3. The molecule has 1 rings (SSSR count). The minimum atomic E-state index is -0.776. The van der Waals surface area contributed by atoms with Crippen LogP contribution in [0.4, 0.5) is 0 Å². The van der Waals surface area contributed by atoms with Crippen LogP contribution in [0, 0.1) is 6.92 Å². The molecule has 0 fully saturated rings. The first kappa shape index (κ1) is 9.84. The summed E-state index contributed by atoms with van der Waals surface area (Å²) < 4.78 is 0. The zero-order valence-corrected chi connectivity index (χ0v) is 7.58. The minimum Gasteiger partial charge on any atom is -0.481 e. The van der Waals surface area contributed by atoms with Crippen LogP contribution in [-0.4, -0.2) is 18.9 Å². The average molecular weight is 174 g/mol. The predicted octanol–water partition coefficient (Wildman–Crippen LogP) is 0.806. The summed E-state index contributed by atoms with van der Waals surface area (Å²) in [6, 6.07) is 5.58. The standard InChI is InChI=1S/C10H11BO2/c1-7-8(5-6-10(12)13)3-2-4-9(7)11/h2-4H,5-6H2,1H3,(H,12,13). The molecule has 0 heterocycles. The van der Waals surface area contributed by atoms with Gasteiger partial charge in [-0.2, -0.15) is 0 Å². The van der Waals surface area contributed by atoms with E-state index in [0.29, 0.717) is 6.42 Å². The van der Waals surface area contributed by atoms with E-state index < -0.39 is 5.97 Å². The van der Waals surface area contributed by atoms with E-state index in [0.717, 1.165) is 16.6 Å². The summed E-state index contributed by atoms with van der Waals surface area (Å²) in [5.41, 5.74) is 2.73. The highest BCUT2D eigenvalue weighted by Crippen LogP contribution is 2.07. The summed E-state index contributed by atoms with van der Waals surface area (Å²) in [4.78, 5) is 10.3. The average Bonchev–Trinajstić information content (AvgIpc) is 2.07. The summed E-state index contributed by atoms with van der Waals surface area (Å²) in [6.07, 6.45) is 0.705. The zero-order valence-electron chi connectivity index (χ0n) is 7.58. The van der Waals surface area contributed by atoms with Gasteiger partial charge in [-0.1, -0.05) is 29.2 Å². The Hall–Kier alpha value is -1.25. The first-order valence-corrected chi connectivity index (χ1v) is 4.17.